The first-order valence-corrected chi connectivity index (χ1v) is 11.3. The van der Waals surface area contributed by atoms with Gasteiger partial charge in [-0.1, -0.05) is 43.9 Å². The Balaban J connectivity index is 1.58. The predicted octanol–water partition coefficient (Wildman–Crippen LogP) is 1.40. The van der Waals surface area contributed by atoms with E-state index in [0.717, 1.165) is 38.5 Å². The van der Waals surface area contributed by atoms with E-state index in [9.17, 15) is 19.2 Å². The number of nitrogens with two attached hydrogens (primary N) is 1. The number of amides is 4. The van der Waals surface area contributed by atoms with Crippen LogP contribution >= 0.6 is 0 Å². The molecule has 3 heterocycles. The molecule has 31 heavy (non-hydrogen) atoms. The SMILES string of the molecule is NC(=O)CCC1NC2(C(=O)Nc3ccccc32)C2C(=O)N(C3CCCCCC3)C(=O)C12. The lowest BCUT2D eigenvalue weighted by Gasteiger charge is -2.32. The third-order valence-electron chi connectivity index (χ3n) is 7.55. The smallest absolute Gasteiger partial charge is 0.250 e. The van der Waals surface area contributed by atoms with Crippen molar-refractivity contribution in [3.63, 3.8) is 0 Å². The van der Waals surface area contributed by atoms with E-state index in [-0.39, 0.29) is 30.2 Å². The fraction of sp³-hybridized carbons (Fsp3) is 0.565. The van der Waals surface area contributed by atoms with Crippen molar-refractivity contribution in [2.45, 2.75) is 69.0 Å². The fourth-order valence-corrected chi connectivity index (χ4v) is 6.20. The molecule has 1 saturated carbocycles. The van der Waals surface area contributed by atoms with E-state index in [0.29, 0.717) is 17.7 Å². The van der Waals surface area contributed by atoms with Crippen LogP contribution in [0.25, 0.3) is 0 Å². The number of anilines is 1. The van der Waals surface area contributed by atoms with E-state index in [4.69, 9.17) is 5.73 Å². The highest BCUT2D eigenvalue weighted by Gasteiger charge is 2.70. The number of likely N-dealkylation sites (tertiary alicyclic amines) is 1. The molecule has 0 radical (unpaired) electrons. The largest absolute Gasteiger partial charge is 0.370 e. The molecule has 3 fully saturated rings. The first-order valence-electron chi connectivity index (χ1n) is 11.3. The molecule has 4 N–H and O–H groups in total. The molecule has 4 amide bonds. The quantitative estimate of drug-likeness (QED) is 0.498. The van der Waals surface area contributed by atoms with Gasteiger partial charge in [-0.05, 0) is 25.3 Å². The van der Waals surface area contributed by atoms with Gasteiger partial charge in [-0.3, -0.25) is 29.4 Å². The highest BCUT2D eigenvalue weighted by Crippen LogP contribution is 2.54. The van der Waals surface area contributed by atoms with Crippen molar-refractivity contribution in [1.29, 1.82) is 0 Å². The monoisotopic (exact) mass is 424 g/mol. The Morgan fingerprint density at radius 1 is 1.06 bits per heavy atom. The van der Waals surface area contributed by atoms with Gasteiger partial charge >= 0.3 is 0 Å². The highest BCUT2D eigenvalue weighted by molar-refractivity contribution is 6.15. The molecule has 164 valence electrons. The Morgan fingerprint density at radius 3 is 2.48 bits per heavy atom. The number of carbonyl (C=O) groups is 4. The molecule has 4 aliphatic rings. The molecule has 1 spiro atoms. The van der Waals surface area contributed by atoms with Crippen LogP contribution in [0.4, 0.5) is 5.69 Å². The maximum absolute atomic E-state index is 13.8. The summed E-state index contributed by atoms with van der Waals surface area (Å²) in [5.41, 5.74) is 5.43. The average Bonchev–Trinajstić information content (AvgIpc) is 3.21. The maximum Gasteiger partial charge on any atom is 0.250 e. The van der Waals surface area contributed by atoms with Gasteiger partial charge in [0.2, 0.25) is 23.6 Å². The number of fused-ring (bicyclic) bond motifs is 4. The highest BCUT2D eigenvalue weighted by atomic mass is 16.2. The Hall–Kier alpha value is -2.74. The second-order valence-corrected chi connectivity index (χ2v) is 9.26. The van der Waals surface area contributed by atoms with Gasteiger partial charge in [0.25, 0.3) is 0 Å². The zero-order valence-electron chi connectivity index (χ0n) is 17.4. The summed E-state index contributed by atoms with van der Waals surface area (Å²) in [5, 5.41) is 6.23. The molecule has 5 rings (SSSR count). The maximum atomic E-state index is 13.8. The molecule has 0 aromatic heterocycles. The van der Waals surface area contributed by atoms with Crippen molar-refractivity contribution in [3.8, 4) is 0 Å². The fourth-order valence-electron chi connectivity index (χ4n) is 6.20. The van der Waals surface area contributed by atoms with Crippen LogP contribution in [-0.2, 0) is 24.7 Å². The van der Waals surface area contributed by atoms with Crippen molar-refractivity contribution >= 4 is 29.3 Å². The van der Waals surface area contributed by atoms with Crippen LogP contribution in [-0.4, -0.2) is 40.6 Å². The van der Waals surface area contributed by atoms with Crippen molar-refractivity contribution < 1.29 is 19.2 Å². The number of hydrogen-bond acceptors (Lipinski definition) is 5. The second kappa shape index (κ2) is 7.44. The summed E-state index contributed by atoms with van der Waals surface area (Å²) in [4.78, 5) is 53.7. The van der Waals surface area contributed by atoms with Gasteiger partial charge in [-0.25, -0.2) is 0 Å². The number of para-hydroxylation sites is 1. The minimum atomic E-state index is -1.30. The number of nitrogens with zero attached hydrogens (tertiary/aromatic N) is 1. The van der Waals surface area contributed by atoms with E-state index in [1.807, 2.05) is 18.2 Å². The van der Waals surface area contributed by atoms with Crippen molar-refractivity contribution in [1.82, 2.24) is 10.2 Å². The lowest BCUT2D eigenvalue weighted by Crippen LogP contribution is -2.54. The molecule has 4 unspecified atom stereocenters. The van der Waals surface area contributed by atoms with E-state index in [1.165, 1.54) is 4.90 Å². The molecule has 0 bridgehead atoms. The normalized spacial score (nSPS) is 32.8. The van der Waals surface area contributed by atoms with E-state index >= 15 is 0 Å². The number of carbonyl (C=O) groups excluding carboxylic acids is 4. The van der Waals surface area contributed by atoms with Crippen LogP contribution < -0.4 is 16.4 Å². The van der Waals surface area contributed by atoms with Gasteiger partial charge < -0.3 is 11.1 Å². The van der Waals surface area contributed by atoms with Gasteiger partial charge in [-0.15, -0.1) is 0 Å². The van der Waals surface area contributed by atoms with Gasteiger partial charge in [-0.2, -0.15) is 0 Å². The van der Waals surface area contributed by atoms with Gasteiger partial charge in [0.1, 0.15) is 5.54 Å². The molecular weight excluding hydrogens is 396 g/mol. The van der Waals surface area contributed by atoms with E-state index in [2.05, 4.69) is 10.6 Å². The molecule has 4 atom stereocenters. The third-order valence-corrected chi connectivity index (χ3v) is 7.55. The summed E-state index contributed by atoms with van der Waals surface area (Å²) in [6.07, 6.45) is 6.24. The lowest BCUT2D eigenvalue weighted by molar-refractivity contribution is -0.145. The number of benzene rings is 1. The first kappa shape index (κ1) is 20.2. The molecule has 1 aromatic rings. The third kappa shape index (κ3) is 2.91. The topological polar surface area (TPSA) is 122 Å². The number of primary amides is 1. The zero-order valence-corrected chi connectivity index (χ0v) is 17.4. The lowest BCUT2D eigenvalue weighted by atomic mass is 9.76. The van der Waals surface area contributed by atoms with E-state index in [1.54, 1.807) is 6.07 Å². The molecule has 1 aromatic carbocycles. The molecule has 3 aliphatic heterocycles. The first-order chi connectivity index (χ1) is 14.9. The predicted molar refractivity (Wildman–Crippen MR) is 112 cm³/mol. The summed E-state index contributed by atoms with van der Waals surface area (Å²) >= 11 is 0. The number of nitrogens with one attached hydrogen (secondary N) is 2. The number of rotatable bonds is 4. The van der Waals surface area contributed by atoms with Crippen LogP contribution in [0.5, 0.6) is 0 Å². The molecular formula is C23H28N4O4. The molecule has 8 heteroatoms. The van der Waals surface area contributed by atoms with Crippen LogP contribution in [0.15, 0.2) is 24.3 Å². The molecule has 1 aliphatic carbocycles. The summed E-state index contributed by atoms with van der Waals surface area (Å²) < 4.78 is 0. The van der Waals surface area contributed by atoms with Crippen molar-refractivity contribution in [3.05, 3.63) is 29.8 Å². The summed E-state index contributed by atoms with van der Waals surface area (Å²) in [6.45, 7) is 0. The molecule has 8 nitrogen and oxygen atoms in total. The molecule has 2 saturated heterocycles. The zero-order chi connectivity index (χ0) is 21.8. The van der Waals surface area contributed by atoms with E-state index < -0.39 is 29.3 Å². The van der Waals surface area contributed by atoms with Gasteiger partial charge in [0.15, 0.2) is 0 Å². The summed E-state index contributed by atoms with van der Waals surface area (Å²) in [5.74, 6) is -2.74. The summed E-state index contributed by atoms with van der Waals surface area (Å²) in [6, 6.07) is 6.72. The second-order valence-electron chi connectivity index (χ2n) is 9.26. The minimum absolute atomic E-state index is 0.0884. The average molecular weight is 425 g/mol. The summed E-state index contributed by atoms with van der Waals surface area (Å²) in [7, 11) is 0. The van der Waals surface area contributed by atoms with Crippen LogP contribution in [0.2, 0.25) is 0 Å². The van der Waals surface area contributed by atoms with Crippen molar-refractivity contribution in [2.24, 2.45) is 17.6 Å². The van der Waals surface area contributed by atoms with Crippen LogP contribution in [0, 0.1) is 11.8 Å². The Morgan fingerprint density at radius 2 is 1.77 bits per heavy atom. The van der Waals surface area contributed by atoms with Crippen molar-refractivity contribution in [2.75, 3.05) is 5.32 Å². The van der Waals surface area contributed by atoms with Gasteiger partial charge in [0.05, 0.1) is 11.8 Å². The Bertz CT molecular complexity index is 955. The minimum Gasteiger partial charge on any atom is -0.370 e. The van der Waals surface area contributed by atoms with Gasteiger partial charge in [0, 0.05) is 29.8 Å². The number of imide groups is 1. The Labute approximate surface area is 180 Å². The van der Waals surface area contributed by atoms with Crippen LogP contribution in [0.1, 0.15) is 56.9 Å². The standard InChI is InChI=1S/C23H28N4O4/c24-17(28)12-11-16-18-19(21(30)27(20(18)29)13-7-3-1-2-4-8-13)23(26-16)14-9-5-6-10-15(14)25-22(23)31/h5-6,9-10,13,16,18-19,26H,1-4,7-8,11-12H2,(H2,24,28)(H,25,31). The Kier molecular flexibility index (Phi) is 4.84. The van der Waals surface area contributed by atoms with Crippen LogP contribution in [0.3, 0.4) is 0 Å². The number of hydrogen-bond donors (Lipinski definition) is 3.